The molecule has 0 spiro atoms. The zero-order valence-electron chi connectivity index (χ0n) is 7.83. The Labute approximate surface area is 102 Å². The van der Waals surface area contributed by atoms with Crippen molar-refractivity contribution in [2.75, 3.05) is 17.0 Å². The van der Waals surface area contributed by atoms with Gasteiger partial charge in [0.05, 0.1) is 11.6 Å². The second-order valence-corrected chi connectivity index (χ2v) is 5.84. The van der Waals surface area contributed by atoms with Crippen LogP contribution in [0.2, 0.25) is 0 Å². The first-order valence-corrected chi connectivity index (χ1v) is 6.86. The van der Waals surface area contributed by atoms with E-state index in [0.717, 1.165) is 0 Å². The molecule has 0 atom stereocenters. The van der Waals surface area contributed by atoms with Crippen LogP contribution in [0, 0.1) is 0 Å². The van der Waals surface area contributed by atoms with Gasteiger partial charge < -0.3 is 4.74 Å². The van der Waals surface area contributed by atoms with Gasteiger partial charge in [-0.2, -0.15) is 0 Å². The normalized spacial score (nSPS) is 11.1. The van der Waals surface area contributed by atoms with E-state index in [2.05, 4.69) is 20.7 Å². The number of sulfonamides is 1. The predicted molar refractivity (Wildman–Crippen MR) is 64.0 cm³/mol. The van der Waals surface area contributed by atoms with Crippen molar-refractivity contribution in [3.63, 3.8) is 0 Å². The van der Waals surface area contributed by atoms with Crippen LogP contribution in [0.5, 0.6) is 5.75 Å². The number of benzene rings is 1. The van der Waals surface area contributed by atoms with Gasteiger partial charge in [0.1, 0.15) is 11.0 Å². The maximum atomic E-state index is 11.1. The van der Waals surface area contributed by atoms with Crippen molar-refractivity contribution >= 4 is 43.2 Å². The largest absolute Gasteiger partial charge is 0.496 e. The monoisotopic (exact) mass is 313 g/mol. The molecule has 0 amide bonds. The smallest absolute Gasteiger partial charge is 0.246 e. The summed E-state index contributed by atoms with van der Waals surface area (Å²) in [6.07, 6.45) is 0. The number of rotatable bonds is 4. The first kappa shape index (κ1) is 12.6. The van der Waals surface area contributed by atoms with Crippen molar-refractivity contribution in [2.24, 2.45) is 0 Å². The molecular formula is C8H9BrClNO3S. The number of halogens is 2. The number of alkyl halides is 1. The lowest BCUT2D eigenvalue weighted by molar-refractivity contribution is 0.412. The van der Waals surface area contributed by atoms with Gasteiger partial charge in [0, 0.05) is 5.69 Å². The molecule has 0 radical (unpaired) electrons. The summed E-state index contributed by atoms with van der Waals surface area (Å²) in [5.74, 6) is 0.629. The molecular weight excluding hydrogens is 306 g/mol. The number of ether oxygens (including phenoxy) is 1. The maximum absolute atomic E-state index is 11.1. The molecule has 0 saturated heterocycles. The zero-order chi connectivity index (χ0) is 11.5. The van der Waals surface area contributed by atoms with Crippen LogP contribution in [0.4, 0.5) is 5.69 Å². The molecule has 7 heteroatoms. The third-order valence-electron chi connectivity index (χ3n) is 1.57. The van der Waals surface area contributed by atoms with E-state index < -0.39 is 15.2 Å². The van der Waals surface area contributed by atoms with Crippen molar-refractivity contribution in [1.82, 2.24) is 0 Å². The highest BCUT2D eigenvalue weighted by atomic mass is 79.9. The minimum atomic E-state index is -3.46. The molecule has 1 aromatic carbocycles. The van der Waals surface area contributed by atoms with E-state index in [1.165, 1.54) is 7.11 Å². The summed E-state index contributed by atoms with van der Waals surface area (Å²) in [7, 11) is -1.92. The van der Waals surface area contributed by atoms with Crippen molar-refractivity contribution in [3.8, 4) is 5.75 Å². The van der Waals surface area contributed by atoms with E-state index in [1.807, 2.05) is 0 Å². The van der Waals surface area contributed by atoms with E-state index in [0.29, 0.717) is 15.9 Å². The average Bonchev–Trinajstić information content (AvgIpc) is 2.17. The maximum Gasteiger partial charge on any atom is 0.246 e. The number of hydrogen-bond donors (Lipinski definition) is 1. The first-order chi connectivity index (χ1) is 6.98. The molecule has 0 heterocycles. The standard InChI is InChI=1S/C8H9BrClNO3S/c1-14-8-3-2-6(4-7(8)9)11-15(12,13)5-10/h2-4,11H,5H2,1H3. The quantitative estimate of drug-likeness (QED) is 0.868. The Bertz CT molecular complexity index is 449. The topological polar surface area (TPSA) is 55.4 Å². The van der Waals surface area contributed by atoms with Gasteiger partial charge >= 0.3 is 0 Å². The van der Waals surface area contributed by atoms with Gasteiger partial charge in [-0.25, -0.2) is 8.42 Å². The number of nitrogens with one attached hydrogen (secondary N) is 1. The van der Waals surface area contributed by atoms with Crippen LogP contribution in [-0.2, 0) is 10.0 Å². The number of anilines is 1. The van der Waals surface area contributed by atoms with Gasteiger partial charge in [-0.3, -0.25) is 4.72 Å². The summed E-state index contributed by atoms with van der Waals surface area (Å²) in [5.41, 5.74) is 0.434. The van der Waals surface area contributed by atoms with E-state index >= 15 is 0 Å². The molecule has 0 aromatic heterocycles. The molecule has 0 unspecified atom stereocenters. The van der Waals surface area contributed by atoms with Gasteiger partial charge in [-0.05, 0) is 34.1 Å². The lowest BCUT2D eigenvalue weighted by atomic mass is 10.3. The summed E-state index contributed by atoms with van der Waals surface area (Å²) in [5, 5.41) is -0.476. The van der Waals surface area contributed by atoms with Crippen molar-refractivity contribution in [2.45, 2.75) is 0 Å². The molecule has 1 aromatic rings. The molecule has 15 heavy (non-hydrogen) atoms. The van der Waals surface area contributed by atoms with Crippen LogP contribution in [0.1, 0.15) is 0 Å². The summed E-state index contributed by atoms with van der Waals surface area (Å²) >= 11 is 8.50. The van der Waals surface area contributed by atoms with Crippen LogP contribution in [0.3, 0.4) is 0 Å². The predicted octanol–water partition coefficient (Wildman–Crippen LogP) is 2.40. The van der Waals surface area contributed by atoms with E-state index in [1.54, 1.807) is 18.2 Å². The van der Waals surface area contributed by atoms with E-state index in [-0.39, 0.29) is 0 Å². The Morgan fingerprint density at radius 2 is 2.20 bits per heavy atom. The average molecular weight is 315 g/mol. The fourth-order valence-electron chi connectivity index (χ4n) is 0.937. The number of hydrogen-bond acceptors (Lipinski definition) is 3. The highest BCUT2D eigenvalue weighted by molar-refractivity contribution is 9.10. The Morgan fingerprint density at radius 3 is 2.67 bits per heavy atom. The second kappa shape index (κ2) is 5.05. The minimum Gasteiger partial charge on any atom is -0.496 e. The van der Waals surface area contributed by atoms with Gasteiger partial charge in [0.15, 0.2) is 0 Å². The first-order valence-electron chi connectivity index (χ1n) is 3.88. The summed E-state index contributed by atoms with van der Waals surface area (Å²) in [4.78, 5) is 0. The second-order valence-electron chi connectivity index (χ2n) is 2.68. The molecule has 1 N–H and O–H groups in total. The SMILES string of the molecule is COc1ccc(NS(=O)(=O)CCl)cc1Br. The van der Waals surface area contributed by atoms with Gasteiger partial charge in [0.25, 0.3) is 0 Å². The third kappa shape index (κ3) is 3.55. The van der Waals surface area contributed by atoms with Crippen molar-refractivity contribution < 1.29 is 13.2 Å². The fourth-order valence-corrected chi connectivity index (χ4v) is 2.18. The molecule has 0 aliphatic carbocycles. The van der Waals surface area contributed by atoms with Crippen LogP contribution in [0.25, 0.3) is 0 Å². The highest BCUT2D eigenvalue weighted by Gasteiger charge is 2.09. The van der Waals surface area contributed by atoms with Gasteiger partial charge in [0.2, 0.25) is 10.0 Å². The van der Waals surface area contributed by atoms with Gasteiger partial charge in [-0.1, -0.05) is 0 Å². The van der Waals surface area contributed by atoms with Crippen molar-refractivity contribution in [3.05, 3.63) is 22.7 Å². The van der Waals surface area contributed by atoms with Gasteiger partial charge in [-0.15, -0.1) is 11.6 Å². The molecule has 84 valence electrons. The summed E-state index contributed by atoms with van der Waals surface area (Å²) in [6.45, 7) is 0. The molecule has 0 fully saturated rings. The number of methoxy groups -OCH3 is 1. The zero-order valence-corrected chi connectivity index (χ0v) is 11.0. The summed E-state index contributed by atoms with van der Waals surface area (Å²) < 4.78 is 30.3. The molecule has 0 saturated carbocycles. The molecule has 1 rings (SSSR count). The van der Waals surface area contributed by atoms with E-state index in [4.69, 9.17) is 16.3 Å². The molecule has 0 aliphatic heterocycles. The fraction of sp³-hybridized carbons (Fsp3) is 0.250. The lowest BCUT2D eigenvalue weighted by Gasteiger charge is -2.07. The Morgan fingerprint density at radius 1 is 1.53 bits per heavy atom. The van der Waals surface area contributed by atoms with Crippen LogP contribution in [-0.4, -0.2) is 20.7 Å². The lowest BCUT2D eigenvalue weighted by Crippen LogP contribution is -2.13. The summed E-state index contributed by atoms with van der Waals surface area (Å²) in [6, 6.07) is 4.84. The van der Waals surface area contributed by atoms with Crippen LogP contribution < -0.4 is 9.46 Å². The molecule has 4 nitrogen and oxygen atoms in total. The van der Waals surface area contributed by atoms with Crippen LogP contribution >= 0.6 is 27.5 Å². The third-order valence-corrected chi connectivity index (χ3v) is 3.88. The highest BCUT2D eigenvalue weighted by Crippen LogP contribution is 2.28. The van der Waals surface area contributed by atoms with E-state index in [9.17, 15) is 8.42 Å². The molecule has 0 bridgehead atoms. The minimum absolute atomic E-state index is 0.434. The van der Waals surface area contributed by atoms with Crippen LogP contribution in [0.15, 0.2) is 22.7 Å². The Kier molecular flexibility index (Phi) is 4.24. The molecule has 0 aliphatic rings. The van der Waals surface area contributed by atoms with Crippen molar-refractivity contribution in [1.29, 1.82) is 0 Å². The Hall–Kier alpha value is -0.460. The Balaban J connectivity index is 2.94.